The summed E-state index contributed by atoms with van der Waals surface area (Å²) in [6, 6.07) is 20.2. The Kier molecular flexibility index (Phi) is 11.5. The maximum absolute atomic E-state index is 11.8. The molecule has 14 heteroatoms. The zero-order valence-corrected chi connectivity index (χ0v) is 34.0. The number of ether oxygens (including phenoxy) is 4. The van der Waals surface area contributed by atoms with Crippen LogP contribution in [0, 0.1) is 27.7 Å². The van der Waals surface area contributed by atoms with Crippen molar-refractivity contribution in [1.29, 1.82) is 0 Å². The molecule has 0 radical (unpaired) electrons. The first-order chi connectivity index (χ1) is 27.0. The van der Waals surface area contributed by atoms with Crippen LogP contribution in [0.3, 0.4) is 0 Å². The summed E-state index contributed by atoms with van der Waals surface area (Å²) in [5.41, 5.74) is 6.10. The molecule has 4 aromatic heterocycles. The van der Waals surface area contributed by atoms with Crippen molar-refractivity contribution < 1.29 is 28.5 Å². The number of aromatic nitrogens is 4. The first-order valence-corrected chi connectivity index (χ1v) is 19.8. The number of fused-ring (bicyclic) bond motifs is 3. The largest absolute Gasteiger partial charge is 0.486 e. The van der Waals surface area contributed by atoms with Gasteiger partial charge in [-0.2, -0.15) is 0 Å². The zero-order valence-electron chi connectivity index (χ0n) is 31.6. The molecule has 0 saturated heterocycles. The Labute approximate surface area is 336 Å². The van der Waals surface area contributed by atoms with Crippen molar-refractivity contribution in [3.8, 4) is 34.3 Å². The van der Waals surface area contributed by atoms with Gasteiger partial charge in [-0.1, -0.05) is 41.9 Å². The van der Waals surface area contributed by atoms with Gasteiger partial charge in [0.05, 0.1) is 36.1 Å². The summed E-state index contributed by atoms with van der Waals surface area (Å²) in [7, 11) is 2.73. The minimum Gasteiger partial charge on any atom is -0.486 e. The second-order valence-electron chi connectivity index (χ2n) is 13.0. The number of halogens is 1. The van der Waals surface area contributed by atoms with E-state index in [1.165, 1.54) is 35.1 Å². The minimum atomic E-state index is -0.370. The van der Waals surface area contributed by atoms with Crippen molar-refractivity contribution in [2.75, 3.05) is 39.3 Å². The number of methoxy groups -OCH3 is 2. The van der Waals surface area contributed by atoms with Crippen molar-refractivity contribution in [3.63, 3.8) is 0 Å². The average molecular weight is 808 g/mol. The molecule has 8 rings (SSSR count). The van der Waals surface area contributed by atoms with E-state index in [1.807, 2.05) is 38.1 Å². The van der Waals surface area contributed by atoms with Crippen LogP contribution in [0.5, 0.6) is 11.5 Å². The summed E-state index contributed by atoms with van der Waals surface area (Å²) in [6.45, 7) is 10.1. The summed E-state index contributed by atoms with van der Waals surface area (Å²) in [4.78, 5) is 46.1. The Morgan fingerprint density at radius 2 is 1.21 bits per heavy atom. The van der Waals surface area contributed by atoms with E-state index < -0.39 is 0 Å². The number of nitrogens with zero attached hydrogens (tertiary/aromatic N) is 4. The topological polar surface area (TPSA) is 135 Å². The van der Waals surface area contributed by atoms with Crippen LogP contribution in [0.25, 0.3) is 43.2 Å². The maximum Gasteiger partial charge on any atom is 0.337 e. The van der Waals surface area contributed by atoms with E-state index in [0.717, 1.165) is 60.9 Å². The van der Waals surface area contributed by atoms with Gasteiger partial charge < -0.3 is 24.3 Å². The number of aryl methyl sites for hydroxylation is 4. The van der Waals surface area contributed by atoms with E-state index in [0.29, 0.717) is 47.7 Å². The molecule has 7 aromatic rings. The number of carbonyl (C=O) groups excluding carboxylic acids is 2. The number of esters is 2. The Hall–Kier alpha value is -5.63. The predicted octanol–water partition coefficient (Wildman–Crippen LogP) is 9.60. The van der Waals surface area contributed by atoms with E-state index in [2.05, 4.69) is 39.9 Å². The lowest BCUT2D eigenvalue weighted by Crippen LogP contribution is -2.15. The van der Waals surface area contributed by atoms with Crippen LogP contribution in [0.1, 0.15) is 47.2 Å². The highest BCUT2D eigenvalue weighted by atomic mass is 35.5. The van der Waals surface area contributed by atoms with E-state index in [4.69, 9.17) is 35.8 Å². The number of thiophene rings is 2. The first kappa shape index (κ1) is 38.6. The normalized spacial score (nSPS) is 11.9. The number of hydrogen-bond acceptors (Lipinski definition) is 13. The molecule has 3 aromatic carbocycles. The zero-order chi connectivity index (χ0) is 39.5. The molecule has 5 heterocycles. The number of nitrogens with one attached hydrogen (secondary N) is 1. The van der Waals surface area contributed by atoms with Gasteiger partial charge in [0.25, 0.3) is 0 Å². The molecule has 0 fully saturated rings. The van der Waals surface area contributed by atoms with E-state index in [-0.39, 0.29) is 11.9 Å². The van der Waals surface area contributed by atoms with Crippen molar-refractivity contribution in [3.05, 3.63) is 109 Å². The lowest BCUT2D eigenvalue weighted by molar-refractivity contribution is 0.0592. The van der Waals surface area contributed by atoms with Gasteiger partial charge >= 0.3 is 11.9 Å². The summed E-state index contributed by atoms with van der Waals surface area (Å²) in [5, 5.41) is 5.96. The van der Waals surface area contributed by atoms with Crippen LogP contribution in [0.4, 0.5) is 5.82 Å². The fourth-order valence-corrected chi connectivity index (χ4v) is 8.58. The molecule has 0 unspecified atom stereocenters. The Balaban J connectivity index is 0.000000189. The summed E-state index contributed by atoms with van der Waals surface area (Å²) in [6.07, 6.45) is 0.813. The van der Waals surface area contributed by atoms with Gasteiger partial charge in [0.2, 0.25) is 0 Å². The van der Waals surface area contributed by atoms with Crippen molar-refractivity contribution in [2.24, 2.45) is 0 Å². The van der Waals surface area contributed by atoms with Gasteiger partial charge in [-0.3, -0.25) is 0 Å². The highest BCUT2D eigenvalue weighted by Gasteiger charge is 2.18. The molecule has 0 aliphatic carbocycles. The molecule has 0 saturated carbocycles. The Bertz CT molecular complexity index is 2590. The summed E-state index contributed by atoms with van der Waals surface area (Å²) < 4.78 is 20.8. The molecular formula is C42H38ClN5O6S2. The van der Waals surface area contributed by atoms with Crippen molar-refractivity contribution in [1.82, 2.24) is 19.9 Å². The molecule has 11 nitrogen and oxygen atoms in total. The molecule has 1 N–H and O–H groups in total. The first-order valence-electron chi connectivity index (χ1n) is 17.8. The monoisotopic (exact) mass is 807 g/mol. The lowest BCUT2D eigenvalue weighted by atomic mass is 10.1. The quantitative estimate of drug-likeness (QED) is 0.116. The molecule has 1 aliphatic rings. The van der Waals surface area contributed by atoms with Crippen LogP contribution < -0.4 is 14.8 Å². The van der Waals surface area contributed by atoms with E-state index in [9.17, 15) is 9.59 Å². The standard InChI is InChI=1S/C26H25N3O4S.C16H13ClN2O2S/c1-15-16(2)34-25-22(15)24(27-11-10-17-4-9-20-21(14-17)33-13-12-32-20)28-23(29-25)18-5-7-19(8-6-18)26(30)31-3;1-8-9(2)22-15-12(8)13(17)18-14(19-15)10-4-6-11(7-5-10)16(20)21-3/h4-9,14H,10-13H2,1-3H3,(H,27,28,29);4-7H,1-3H3. The Morgan fingerprint density at radius 1 is 0.696 bits per heavy atom. The maximum atomic E-state index is 11.8. The average Bonchev–Trinajstić information content (AvgIpc) is 3.69. The van der Waals surface area contributed by atoms with Gasteiger partial charge in [0, 0.05) is 27.4 Å². The van der Waals surface area contributed by atoms with Crippen molar-refractivity contribution >= 4 is 72.5 Å². The SMILES string of the molecule is COC(=O)c1ccc(-c2nc(Cl)c3c(C)c(C)sc3n2)cc1.COC(=O)c1ccc(-c2nc(NCCc3ccc4c(c3)OCCO4)c3c(C)c(C)sc3n2)cc1. The summed E-state index contributed by atoms with van der Waals surface area (Å²) >= 11 is 9.58. The van der Waals surface area contributed by atoms with Gasteiger partial charge in [-0.25, -0.2) is 29.5 Å². The van der Waals surface area contributed by atoms with Gasteiger partial charge in [0.1, 0.15) is 33.8 Å². The second kappa shape index (κ2) is 16.6. The molecular weight excluding hydrogens is 770 g/mol. The highest BCUT2D eigenvalue weighted by Crippen LogP contribution is 2.37. The van der Waals surface area contributed by atoms with Gasteiger partial charge in [0.15, 0.2) is 23.1 Å². The predicted molar refractivity (Wildman–Crippen MR) is 222 cm³/mol. The van der Waals surface area contributed by atoms with Crippen LogP contribution in [0.2, 0.25) is 5.15 Å². The third-order valence-corrected chi connectivity index (χ3v) is 11.9. The lowest BCUT2D eigenvalue weighted by Gasteiger charge is -2.19. The molecule has 56 heavy (non-hydrogen) atoms. The Morgan fingerprint density at radius 3 is 1.79 bits per heavy atom. The van der Waals surface area contributed by atoms with Crippen LogP contribution in [0.15, 0.2) is 66.7 Å². The van der Waals surface area contributed by atoms with Gasteiger partial charge in [-0.05, 0) is 87.2 Å². The van der Waals surface area contributed by atoms with Crippen molar-refractivity contribution in [2.45, 2.75) is 34.1 Å². The van der Waals surface area contributed by atoms with E-state index in [1.54, 1.807) is 59.1 Å². The number of carbonyl (C=O) groups is 2. The summed E-state index contributed by atoms with van der Waals surface area (Å²) in [5.74, 6) is 2.85. The minimum absolute atomic E-state index is 0.367. The fourth-order valence-electron chi connectivity index (χ4n) is 6.15. The molecule has 1 aliphatic heterocycles. The smallest absolute Gasteiger partial charge is 0.337 e. The molecule has 0 bridgehead atoms. The second-order valence-corrected chi connectivity index (χ2v) is 15.7. The number of rotatable bonds is 8. The number of anilines is 1. The third-order valence-electron chi connectivity index (χ3n) is 9.45. The molecule has 0 amide bonds. The number of benzene rings is 3. The van der Waals surface area contributed by atoms with Crippen LogP contribution in [-0.2, 0) is 15.9 Å². The third kappa shape index (κ3) is 8.01. The number of hydrogen-bond donors (Lipinski definition) is 1. The molecule has 0 spiro atoms. The highest BCUT2D eigenvalue weighted by molar-refractivity contribution is 7.19. The molecule has 0 atom stereocenters. The van der Waals surface area contributed by atoms with Crippen LogP contribution in [-0.4, -0.2) is 65.9 Å². The van der Waals surface area contributed by atoms with Crippen LogP contribution >= 0.6 is 34.3 Å². The van der Waals surface area contributed by atoms with Gasteiger partial charge in [-0.15, -0.1) is 22.7 Å². The fraction of sp³-hybridized carbons (Fsp3) is 0.238. The molecule has 286 valence electrons. The van der Waals surface area contributed by atoms with E-state index >= 15 is 0 Å².